The van der Waals surface area contributed by atoms with Crippen LogP contribution in [0.2, 0.25) is 0 Å². The van der Waals surface area contributed by atoms with E-state index in [1.54, 1.807) is 0 Å². The molecule has 2 heteroatoms. The summed E-state index contributed by atoms with van der Waals surface area (Å²) in [6, 6.07) is 0.300. The van der Waals surface area contributed by atoms with Gasteiger partial charge < -0.3 is 11.1 Å². The highest BCUT2D eigenvalue weighted by molar-refractivity contribution is 4.69. The molecule has 0 fully saturated rings. The molecule has 0 rings (SSSR count). The number of unbranched alkanes of at least 4 members (excludes halogenated alkanes) is 1. The molecule has 0 saturated carbocycles. The molecule has 0 aliphatic carbocycles. The lowest BCUT2D eigenvalue weighted by atomic mass is 9.99. The average Bonchev–Trinajstić information content (AvgIpc) is 2.22. The van der Waals surface area contributed by atoms with Gasteiger partial charge in [-0.3, -0.25) is 0 Å². The third kappa shape index (κ3) is 7.80. The second kappa shape index (κ2) is 9.17. The third-order valence-electron chi connectivity index (χ3n) is 3.21. The van der Waals surface area contributed by atoms with Crippen molar-refractivity contribution in [1.82, 2.24) is 5.32 Å². The van der Waals surface area contributed by atoms with Crippen molar-refractivity contribution < 1.29 is 0 Å². The second-order valence-corrected chi connectivity index (χ2v) is 4.98. The quantitative estimate of drug-likeness (QED) is 0.619. The van der Waals surface area contributed by atoms with Crippen molar-refractivity contribution in [3.05, 3.63) is 0 Å². The van der Waals surface area contributed by atoms with E-state index in [2.05, 4.69) is 33.0 Å². The Hall–Kier alpha value is -0.0800. The molecule has 2 unspecified atom stereocenters. The van der Waals surface area contributed by atoms with Gasteiger partial charge in [-0.25, -0.2) is 0 Å². The van der Waals surface area contributed by atoms with Crippen molar-refractivity contribution in [1.29, 1.82) is 0 Å². The van der Waals surface area contributed by atoms with Gasteiger partial charge in [-0.2, -0.15) is 0 Å². The first-order valence-electron chi connectivity index (χ1n) is 6.58. The first-order valence-corrected chi connectivity index (χ1v) is 6.58. The van der Waals surface area contributed by atoms with E-state index in [-0.39, 0.29) is 0 Å². The number of rotatable bonds is 9. The van der Waals surface area contributed by atoms with Gasteiger partial charge in [0.25, 0.3) is 0 Å². The number of hydrogen-bond acceptors (Lipinski definition) is 2. The molecular formula is C13H30N2. The van der Waals surface area contributed by atoms with E-state index < -0.39 is 0 Å². The van der Waals surface area contributed by atoms with Crippen LogP contribution in [0.25, 0.3) is 0 Å². The van der Waals surface area contributed by atoms with Crippen LogP contribution in [0, 0.1) is 11.8 Å². The van der Waals surface area contributed by atoms with E-state index >= 15 is 0 Å². The van der Waals surface area contributed by atoms with Crippen LogP contribution in [0.4, 0.5) is 0 Å². The van der Waals surface area contributed by atoms with Gasteiger partial charge in [0.05, 0.1) is 0 Å². The smallest absolute Gasteiger partial charge is 0.0188 e. The van der Waals surface area contributed by atoms with E-state index in [4.69, 9.17) is 5.73 Å². The summed E-state index contributed by atoms with van der Waals surface area (Å²) < 4.78 is 0. The predicted molar refractivity (Wildman–Crippen MR) is 69.0 cm³/mol. The molecule has 0 amide bonds. The lowest BCUT2D eigenvalue weighted by molar-refractivity contribution is 0.391. The first kappa shape index (κ1) is 14.9. The number of nitrogens with two attached hydrogens (primary N) is 1. The van der Waals surface area contributed by atoms with Crippen molar-refractivity contribution >= 4 is 0 Å². The maximum Gasteiger partial charge on any atom is 0.0188 e. The number of hydrogen-bond donors (Lipinski definition) is 2. The summed E-state index contributed by atoms with van der Waals surface area (Å²) in [4.78, 5) is 0. The Balaban J connectivity index is 3.53. The van der Waals surface area contributed by atoms with E-state index in [1.807, 2.05) is 0 Å². The Bertz CT molecular complexity index is 134. The summed E-state index contributed by atoms with van der Waals surface area (Å²) in [6.45, 7) is 11.0. The number of nitrogens with one attached hydrogen (secondary N) is 1. The monoisotopic (exact) mass is 214 g/mol. The van der Waals surface area contributed by atoms with Gasteiger partial charge in [0.15, 0.2) is 0 Å². The molecule has 0 aliphatic rings. The van der Waals surface area contributed by atoms with Crippen LogP contribution < -0.4 is 11.1 Å². The van der Waals surface area contributed by atoms with Crippen LogP contribution in [0.3, 0.4) is 0 Å². The minimum Gasteiger partial charge on any atom is -0.326 e. The fourth-order valence-electron chi connectivity index (χ4n) is 1.63. The molecule has 0 spiro atoms. The maximum absolute atomic E-state index is 5.98. The molecule has 0 heterocycles. The van der Waals surface area contributed by atoms with E-state index in [0.29, 0.717) is 12.0 Å². The predicted octanol–water partition coefficient (Wildman–Crippen LogP) is 2.78. The normalized spacial score (nSPS) is 15.6. The Kier molecular flexibility index (Phi) is 9.12. The van der Waals surface area contributed by atoms with Gasteiger partial charge in [-0.1, -0.05) is 47.0 Å². The zero-order chi connectivity index (χ0) is 11.7. The van der Waals surface area contributed by atoms with Gasteiger partial charge in [-0.05, 0) is 24.8 Å². The molecular weight excluding hydrogens is 184 g/mol. The van der Waals surface area contributed by atoms with Crippen LogP contribution in [-0.2, 0) is 0 Å². The van der Waals surface area contributed by atoms with E-state index in [0.717, 1.165) is 19.0 Å². The molecule has 2 atom stereocenters. The van der Waals surface area contributed by atoms with Crippen LogP contribution >= 0.6 is 0 Å². The molecule has 15 heavy (non-hydrogen) atoms. The molecule has 0 saturated heterocycles. The second-order valence-electron chi connectivity index (χ2n) is 4.98. The zero-order valence-corrected chi connectivity index (χ0v) is 11.1. The highest BCUT2D eigenvalue weighted by Gasteiger charge is 2.09. The summed E-state index contributed by atoms with van der Waals surface area (Å²) in [5.41, 5.74) is 5.98. The largest absolute Gasteiger partial charge is 0.326 e. The molecule has 0 aromatic heterocycles. The molecule has 3 N–H and O–H groups in total. The standard InChI is InChI=1S/C13H30N2/c1-5-7-8-12(6-2)9-15-10-13(14)11(3)4/h11-13,15H,5-10,14H2,1-4H3. The van der Waals surface area contributed by atoms with Crippen molar-refractivity contribution in [3.8, 4) is 0 Å². The molecule has 0 aromatic rings. The zero-order valence-electron chi connectivity index (χ0n) is 11.1. The Morgan fingerprint density at radius 3 is 2.27 bits per heavy atom. The van der Waals surface area contributed by atoms with Gasteiger partial charge in [0.2, 0.25) is 0 Å². The average molecular weight is 214 g/mol. The Morgan fingerprint density at radius 1 is 1.13 bits per heavy atom. The molecule has 0 aliphatic heterocycles. The van der Waals surface area contributed by atoms with Crippen molar-refractivity contribution in [2.75, 3.05) is 13.1 Å². The lowest BCUT2D eigenvalue weighted by Crippen LogP contribution is -2.39. The summed E-state index contributed by atoms with van der Waals surface area (Å²) in [7, 11) is 0. The summed E-state index contributed by atoms with van der Waals surface area (Å²) in [6.07, 6.45) is 5.30. The van der Waals surface area contributed by atoms with Gasteiger partial charge in [0.1, 0.15) is 0 Å². The van der Waals surface area contributed by atoms with Crippen molar-refractivity contribution in [2.45, 2.75) is 59.4 Å². The fourth-order valence-corrected chi connectivity index (χ4v) is 1.63. The minimum atomic E-state index is 0.300. The highest BCUT2D eigenvalue weighted by Crippen LogP contribution is 2.11. The van der Waals surface area contributed by atoms with E-state index in [1.165, 1.54) is 25.7 Å². The molecule has 0 radical (unpaired) electrons. The van der Waals surface area contributed by atoms with Crippen LogP contribution in [0.5, 0.6) is 0 Å². The SMILES string of the molecule is CCCCC(CC)CNCC(N)C(C)C. The van der Waals surface area contributed by atoms with Crippen LogP contribution in [-0.4, -0.2) is 19.1 Å². The molecule has 0 aromatic carbocycles. The van der Waals surface area contributed by atoms with Crippen molar-refractivity contribution in [2.24, 2.45) is 17.6 Å². The third-order valence-corrected chi connectivity index (χ3v) is 3.21. The first-order chi connectivity index (χ1) is 7.11. The molecule has 92 valence electrons. The summed E-state index contributed by atoms with van der Waals surface area (Å²) in [5, 5.41) is 3.50. The van der Waals surface area contributed by atoms with Gasteiger partial charge in [0, 0.05) is 12.6 Å². The fraction of sp³-hybridized carbons (Fsp3) is 1.00. The minimum absolute atomic E-state index is 0.300. The summed E-state index contributed by atoms with van der Waals surface area (Å²) >= 11 is 0. The Morgan fingerprint density at radius 2 is 1.80 bits per heavy atom. The topological polar surface area (TPSA) is 38.0 Å². The van der Waals surface area contributed by atoms with Crippen molar-refractivity contribution in [3.63, 3.8) is 0 Å². The van der Waals surface area contributed by atoms with Gasteiger partial charge >= 0.3 is 0 Å². The molecule has 2 nitrogen and oxygen atoms in total. The Labute approximate surface area is 96.0 Å². The van der Waals surface area contributed by atoms with E-state index in [9.17, 15) is 0 Å². The van der Waals surface area contributed by atoms with Gasteiger partial charge in [-0.15, -0.1) is 0 Å². The summed E-state index contributed by atoms with van der Waals surface area (Å²) in [5.74, 6) is 1.41. The van der Waals surface area contributed by atoms with Crippen LogP contribution in [0.15, 0.2) is 0 Å². The lowest BCUT2D eigenvalue weighted by Gasteiger charge is -2.19. The highest BCUT2D eigenvalue weighted by atomic mass is 14.9. The molecule has 0 bridgehead atoms. The van der Waals surface area contributed by atoms with Crippen LogP contribution in [0.1, 0.15) is 53.4 Å². The maximum atomic E-state index is 5.98.